The number of nitrogens with one attached hydrogen (secondary N) is 2. The summed E-state index contributed by atoms with van der Waals surface area (Å²) < 4.78 is 0. The van der Waals surface area contributed by atoms with E-state index in [-0.39, 0.29) is 6.03 Å². The third kappa shape index (κ3) is 14.0. The Labute approximate surface area is 212 Å². The van der Waals surface area contributed by atoms with Crippen molar-refractivity contribution in [3.8, 4) is 0 Å². The molecule has 0 aliphatic heterocycles. The summed E-state index contributed by atoms with van der Waals surface area (Å²) in [4.78, 5) is 12.5. The SMILES string of the molecule is CCCCCCCCCCCCCCCCCCNC(=O)Nc1c(C(C)C)cccc1C(C)C. The van der Waals surface area contributed by atoms with Gasteiger partial charge in [0.15, 0.2) is 0 Å². The van der Waals surface area contributed by atoms with Gasteiger partial charge in [-0.3, -0.25) is 0 Å². The van der Waals surface area contributed by atoms with E-state index in [0.29, 0.717) is 11.8 Å². The Morgan fingerprint density at radius 2 is 1.03 bits per heavy atom. The second-order valence-electron chi connectivity index (χ2n) is 10.8. The summed E-state index contributed by atoms with van der Waals surface area (Å²) >= 11 is 0. The number of unbranched alkanes of at least 4 members (excludes halogenated alkanes) is 15. The summed E-state index contributed by atoms with van der Waals surface area (Å²) in [6.45, 7) is 11.8. The third-order valence-electron chi connectivity index (χ3n) is 6.93. The average molecular weight is 473 g/mol. The highest BCUT2D eigenvalue weighted by molar-refractivity contribution is 5.91. The van der Waals surface area contributed by atoms with Crippen LogP contribution >= 0.6 is 0 Å². The van der Waals surface area contributed by atoms with Crippen molar-refractivity contribution in [2.24, 2.45) is 0 Å². The molecule has 2 N–H and O–H groups in total. The first-order valence-corrected chi connectivity index (χ1v) is 14.6. The Hall–Kier alpha value is -1.51. The van der Waals surface area contributed by atoms with E-state index in [1.807, 2.05) is 0 Å². The zero-order valence-corrected chi connectivity index (χ0v) is 23.3. The zero-order valence-electron chi connectivity index (χ0n) is 23.3. The highest BCUT2D eigenvalue weighted by Gasteiger charge is 2.15. The molecular weight excluding hydrogens is 416 g/mol. The van der Waals surface area contributed by atoms with Crippen LogP contribution < -0.4 is 10.6 Å². The normalized spacial score (nSPS) is 11.4. The van der Waals surface area contributed by atoms with E-state index in [4.69, 9.17) is 0 Å². The molecule has 0 unspecified atom stereocenters. The van der Waals surface area contributed by atoms with Gasteiger partial charge in [0.2, 0.25) is 0 Å². The van der Waals surface area contributed by atoms with Crippen LogP contribution in [-0.4, -0.2) is 12.6 Å². The molecule has 3 heteroatoms. The Kier molecular flexibility index (Phi) is 17.7. The van der Waals surface area contributed by atoms with Crippen molar-refractivity contribution in [2.75, 3.05) is 11.9 Å². The first-order valence-electron chi connectivity index (χ1n) is 14.6. The quantitative estimate of drug-likeness (QED) is 0.182. The van der Waals surface area contributed by atoms with Gasteiger partial charge in [-0.1, -0.05) is 149 Å². The number of rotatable bonds is 20. The molecule has 1 aromatic carbocycles. The fraction of sp³-hybridized carbons (Fsp3) is 0.774. The van der Waals surface area contributed by atoms with Crippen molar-refractivity contribution in [1.29, 1.82) is 0 Å². The minimum Gasteiger partial charge on any atom is -0.338 e. The highest BCUT2D eigenvalue weighted by Crippen LogP contribution is 2.32. The van der Waals surface area contributed by atoms with Gasteiger partial charge in [0.25, 0.3) is 0 Å². The van der Waals surface area contributed by atoms with Crippen molar-refractivity contribution in [2.45, 2.75) is 149 Å². The summed E-state index contributed by atoms with van der Waals surface area (Å²) in [5.74, 6) is 0.767. The summed E-state index contributed by atoms with van der Waals surface area (Å²) in [5.41, 5.74) is 3.42. The second kappa shape index (κ2) is 19.8. The smallest absolute Gasteiger partial charge is 0.319 e. The summed E-state index contributed by atoms with van der Waals surface area (Å²) in [6.07, 6.45) is 21.9. The van der Waals surface area contributed by atoms with Gasteiger partial charge in [0.1, 0.15) is 0 Å². The van der Waals surface area contributed by atoms with E-state index >= 15 is 0 Å². The number of hydrogen-bond donors (Lipinski definition) is 2. The molecule has 0 saturated carbocycles. The molecule has 0 fully saturated rings. The Bertz CT molecular complexity index is 612. The van der Waals surface area contributed by atoms with Crippen molar-refractivity contribution in [3.63, 3.8) is 0 Å². The van der Waals surface area contributed by atoms with Crippen LogP contribution in [-0.2, 0) is 0 Å². The minimum atomic E-state index is -0.0732. The minimum absolute atomic E-state index is 0.0732. The lowest BCUT2D eigenvalue weighted by atomic mass is 9.93. The molecule has 0 saturated heterocycles. The summed E-state index contributed by atoms with van der Waals surface area (Å²) in [7, 11) is 0. The van der Waals surface area contributed by atoms with Gasteiger partial charge in [-0.25, -0.2) is 4.79 Å². The molecule has 1 rings (SSSR count). The molecule has 3 nitrogen and oxygen atoms in total. The van der Waals surface area contributed by atoms with Crippen LogP contribution in [0.15, 0.2) is 18.2 Å². The predicted molar refractivity (Wildman–Crippen MR) is 151 cm³/mol. The molecule has 1 aromatic rings. The molecule has 0 bridgehead atoms. The number of benzene rings is 1. The Morgan fingerprint density at radius 1 is 0.647 bits per heavy atom. The van der Waals surface area contributed by atoms with Gasteiger partial charge in [0.05, 0.1) is 0 Å². The molecule has 0 radical (unpaired) electrons. The van der Waals surface area contributed by atoms with Crippen LogP contribution in [0.25, 0.3) is 0 Å². The predicted octanol–water partition coefficient (Wildman–Crippen LogP) is 10.3. The average Bonchev–Trinajstić information content (AvgIpc) is 2.80. The molecule has 0 aromatic heterocycles. The van der Waals surface area contributed by atoms with Gasteiger partial charge in [-0.2, -0.15) is 0 Å². The van der Waals surface area contributed by atoms with Crippen LogP contribution in [0.4, 0.5) is 10.5 Å². The first kappa shape index (κ1) is 30.5. The van der Waals surface area contributed by atoms with Crippen molar-refractivity contribution in [3.05, 3.63) is 29.3 Å². The van der Waals surface area contributed by atoms with E-state index in [9.17, 15) is 4.79 Å². The van der Waals surface area contributed by atoms with Crippen LogP contribution in [0.5, 0.6) is 0 Å². The fourth-order valence-electron chi connectivity index (χ4n) is 4.73. The fourth-order valence-corrected chi connectivity index (χ4v) is 4.73. The number of hydrogen-bond acceptors (Lipinski definition) is 1. The maximum Gasteiger partial charge on any atom is 0.319 e. The van der Waals surface area contributed by atoms with Gasteiger partial charge < -0.3 is 10.6 Å². The molecule has 2 amide bonds. The van der Waals surface area contributed by atoms with E-state index in [1.54, 1.807) is 0 Å². The monoisotopic (exact) mass is 472 g/mol. The van der Waals surface area contributed by atoms with Crippen molar-refractivity contribution < 1.29 is 4.79 Å². The number of amides is 2. The van der Waals surface area contributed by atoms with Gasteiger partial charge in [-0.15, -0.1) is 0 Å². The number of urea groups is 1. The van der Waals surface area contributed by atoms with Crippen LogP contribution in [0.2, 0.25) is 0 Å². The molecule has 0 atom stereocenters. The summed E-state index contributed by atoms with van der Waals surface area (Å²) in [6, 6.07) is 6.28. The zero-order chi connectivity index (χ0) is 25.0. The number of carbonyl (C=O) groups excluding carboxylic acids is 1. The number of para-hydroxylation sites is 1. The highest BCUT2D eigenvalue weighted by atomic mass is 16.2. The molecule has 0 heterocycles. The van der Waals surface area contributed by atoms with E-state index < -0.39 is 0 Å². The Balaban J connectivity index is 2.03. The topological polar surface area (TPSA) is 41.1 Å². The van der Waals surface area contributed by atoms with Crippen molar-refractivity contribution in [1.82, 2.24) is 5.32 Å². The summed E-state index contributed by atoms with van der Waals surface area (Å²) in [5, 5.41) is 6.21. The van der Waals surface area contributed by atoms with E-state index in [2.05, 4.69) is 63.5 Å². The number of carbonyl (C=O) groups is 1. The van der Waals surface area contributed by atoms with Crippen LogP contribution in [0.3, 0.4) is 0 Å². The van der Waals surface area contributed by atoms with Crippen LogP contribution in [0.1, 0.15) is 160 Å². The number of anilines is 1. The maximum atomic E-state index is 12.5. The lowest BCUT2D eigenvalue weighted by Crippen LogP contribution is -2.30. The Morgan fingerprint density at radius 3 is 1.41 bits per heavy atom. The second-order valence-corrected chi connectivity index (χ2v) is 10.8. The lowest BCUT2D eigenvalue weighted by molar-refractivity contribution is 0.252. The van der Waals surface area contributed by atoms with E-state index in [0.717, 1.165) is 18.7 Å². The van der Waals surface area contributed by atoms with Gasteiger partial charge in [0, 0.05) is 12.2 Å². The van der Waals surface area contributed by atoms with Crippen molar-refractivity contribution >= 4 is 11.7 Å². The molecule has 0 aliphatic rings. The van der Waals surface area contributed by atoms with Gasteiger partial charge >= 0.3 is 6.03 Å². The van der Waals surface area contributed by atoms with Crippen LogP contribution in [0, 0.1) is 0 Å². The molecule has 196 valence electrons. The maximum absolute atomic E-state index is 12.5. The van der Waals surface area contributed by atoms with Gasteiger partial charge in [-0.05, 0) is 29.4 Å². The molecular formula is C31H56N2O. The molecule has 0 spiro atoms. The molecule has 0 aliphatic carbocycles. The lowest BCUT2D eigenvalue weighted by Gasteiger charge is -2.20. The van der Waals surface area contributed by atoms with E-state index in [1.165, 1.54) is 107 Å². The molecule has 34 heavy (non-hydrogen) atoms. The first-order chi connectivity index (χ1) is 16.5. The third-order valence-corrected chi connectivity index (χ3v) is 6.93. The standard InChI is InChI=1S/C31H56N2O/c1-6-7-8-9-10-11-12-13-14-15-16-17-18-19-20-21-25-32-31(34)33-30-28(26(2)3)23-22-24-29(30)27(4)5/h22-24,26-27H,6-21,25H2,1-5H3,(H2,32,33,34). The largest absolute Gasteiger partial charge is 0.338 e.